The van der Waals surface area contributed by atoms with Crippen LogP contribution in [0.5, 0.6) is 0 Å². The van der Waals surface area contributed by atoms with Gasteiger partial charge in [0, 0.05) is 23.2 Å². The van der Waals surface area contributed by atoms with E-state index in [9.17, 15) is 9.59 Å². The average molecular weight is 449 g/mol. The molecule has 0 bridgehead atoms. The van der Waals surface area contributed by atoms with E-state index in [-0.39, 0.29) is 38.2 Å². The Kier molecular flexibility index (Phi) is 11.4. The number of halogens is 1. The van der Waals surface area contributed by atoms with Crippen LogP contribution in [-0.2, 0) is 23.5 Å². The Morgan fingerprint density at radius 1 is 1.08 bits per heavy atom. The quantitative estimate of drug-likeness (QED) is 0.251. The zero-order valence-electron chi connectivity index (χ0n) is 13.8. The number of nitrogens with one attached hydrogen (secondary N) is 3. The number of alkyl halides is 1. The van der Waals surface area contributed by atoms with Crippen molar-refractivity contribution in [2.75, 3.05) is 51.9 Å². The lowest BCUT2D eigenvalue weighted by atomic mass is 10.2. The average Bonchev–Trinajstić information content (AvgIpc) is 2.58. The van der Waals surface area contributed by atoms with Gasteiger partial charge in [-0.2, -0.15) is 0 Å². The smallest absolute Gasteiger partial charge is 0.250 e. The monoisotopic (exact) mass is 449 g/mol. The van der Waals surface area contributed by atoms with Crippen molar-refractivity contribution in [3.05, 3.63) is 29.8 Å². The highest BCUT2D eigenvalue weighted by Gasteiger charge is 2.04. The highest BCUT2D eigenvalue weighted by molar-refractivity contribution is 14.1. The molecule has 0 saturated heterocycles. The molecule has 7 nitrogen and oxygen atoms in total. The lowest BCUT2D eigenvalue weighted by Crippen LogP contribution is -2.33. The fourth-order valence-electron chi connectivity index (χ4n) is 1.75. The van der Waals surface area contributed by atoms with E-state index >= 15 is 0 Å². The molecular weight excluding hydrogens is 425 g/mol. The highest BCUT2D eigenvalue weighted by atomic mass is 127. The number of hydrogen-bond acceptors (Lipinski definition) is 5. The summed E-state index contributed by atoms with van der Waals surface area (Å²) in [5, 5.41) is 8.40. The van der Waals surface area contributed by atoms with Gasteiger partial charge in [0.25, 0.3) is 0 Å². The summed E-state index contributed by atoms with van der Waals surface area (Å²) in [7, 11) is 1.82. The van der Waals surface area contributed by atoms with E-state index in [1.807, 2.05) is 31.3 Å². The molecule has 0 saturated carbocycles. The van der Waals surface area contributed by atoms with E-state index in [0.29, 0.717) is 13.1 Å². The van der Waals surface area contributed by atoms with Crippen LogP contribution in [0.15, 0.2) is 24.3 Å². The normalized spacial score (nSPS) is 10.4. The van der Waals surface area contributed by atoms with Gasteiger partial charge in [0.05, 0.1) is 13.2 Å². The number of anilines is 1. The van der Waals surface area contributed by atoms with E-state index in [4.69, 9.17) is 9.47 Å². The van der Waals surface area contributed by atoms with Crippen LogP contribution < -0.4 is 16.0 Å². The minimum Gasteiger partial charge on any atom is -0.369 e. The van der Waals surface area contributed by atoms with Crippen molar-refractivity contribution < 1.29 is 19.1 Å². The SMILES string of the molecule is CNCCNC(=O)COCCOCC(=O)Nc1cccc(CI)c1. The number of rotatable bonds is 12. The first kappa shape index (κ1) is 20.8. The van der Waals surface area contributed by atoms with Gasteiger partial charge in [-0.1, -0.05) is 34.7 Å². The fraction of sp³-hybridized carbons (Fsp3) is 0.500. The molecule has 0 aliphatic rings. The second kappa shape index (κ2) is 13.1. The van der Waals surface area contributed by atoms with Gasteiger partial charge in [-0.05, 0) is 24.7 Å². The molecule has 0 aromatic heterocycles. The predicted molar refractivity (Wildman–Crippen MR) is 101 cm³/mol. The Hall–Kier alpha value is -1.23. The molecule has 1 aromatic rings. The third-order valence-corrected chi connectivity index (χ3v) is 3.78. The molecule has 3 N–H and O–H groups in total. The molecule has 8 heteroatoms. The third-order valence-electron chi connectivity index (χ3n) is 2.90. The van der Waals surface area contributed by atoms with Crippen molar-refractivity contribution in [2.24, 2.45) is 0 Å². The van der Waals surface area contributed by atoms with E-state index in [1.165, 1.54) is 0 Å². The molecule has 0 spiro atoms. The summed E-state index contributed by atoms with van der Waals surface area (Å²) in [4.78, 5) is 23.1. The summed E-state index contributed by atoms with van der Waals surface area (Å²) in [5.41, 5.74) is 1.91. The fourth-order valence-corrected chi connectivity index (χ4v) is 2.23. The van der Waals surface area contributed by atoms with Gasteiger partial charge in [-0.3, -0.25) is 9.59 Å². The van der Waals surface area contributed by atoms with Gasteiger partial charge in [-0.25, -0.2) is 0 Å². The zero-order chi connectivity index (χ0) is 17.6. The van der Waals surface area contributed by atoms with Crippen molar-refractivity contribution in [2.45, 2.75) is 4.43 Å². The molecule has 134 valence electrons. The van der Waals surface area contributed by atoms with Crippen LogP contribution in [0.4, 0.5) is 5.69 Å². The summed E-state index contributed by atoms with van der Waals surface area (Å²) >= 11 is 2.27. The number of benzene rings is 1. The lowest BCUT2D eigenvalue weighted by Gasteiger charge is -2.08. The predicted octanol–water partition coefficient (Wildman–Crippen LogP) is 0.929. The molecule has 24 heavy (non-hydrogen) atoms. The number of carbonyl (C=O) groups excluding carboxylic acids is 2. The van der Waals surface area contributed by atoms with Gasteiger partial charge in [0.15, 0.2) is 0 Å². The van der Waals surface area contributed by atoms with E-state index in [1.54, 1.807) is 0 Å². The van der Waals surface area contributed by atoms with Crippen LogP contribution in [-0.4, -0.2) is 58.4 Å². The third kappa shape index (κ3) is 9.81. The van der Waals surface area contributed by atoms with Crippen LogP contribution in [0.2, 0.25) is 0 Å². The van der Waals surface area contributed by atoms with Crippen LogP contribution in [0.3, 0.4) is 0 Å². The summed E-state index contributed by atoms with van der Waals surface area (Å²) in [6.07, 6.45) is 0. The number of likely N-dealkylation sites (N-methyl/N-ethyl adjacent to an activating group) is 1. The summed E-state index contributed by atoms with van der Waals surface area (Å²) in [5.74, 6) is -0.386. The van der Waals surface area contributed by atoms with Crippen molar-refractivity contribution in [3.8, 4) is 0 Å². The summed E-state index contributed by atoms with van der Waals surface area (Å²) < 4.78 is 11.3. The Balaban J connectivity index is 2.06. The van der Waals surface area contributed by atoms with Crippen molar-refractivity contribution in [1.82, 2.24) is 10.6 Å². The van der Waals surface area contributed by atoms with Gasteiger partial charge < -0.3 is 25.4 Å². The minimum atomic E-state index is -0.217. The molecule has 1 aromatic carbocycles. The Bertz CT molecular complexity index is 514. The first-order valence-corrected chi connectivity index (χ1v) is 9.19. The molecule has 0 aliphatic heterocycles. The Morgan fingerprint density at radius 2 is 1.79 bits per heavy atom. The zero-order valence-corrected chi connectivity index (χ0v) is 15.9. The van der Waals surface area contributed by atoms with Gasteiger partial charge in [-0.15, -0.1) is 0 Å². The summed E-state index contributed by atoms with van der Waals surface area (Å²) in [6.45, 7) is 1.73. The first-order valence-electron chi connectivity index (χ1n) is 7.67. The van der Waals surface area contributed by atoms with Crippen molar-refractivity contribution in [3.63, 3.8) is 0 Å². The lowest BCUT2D eigenvalue weighted by molar-refractivity contribution is -0.127. The highest BCUT2D eigenvalue weighted by Crippen LogP contribution is 2.13. The van der Waals surface area contributed by atoms with Gasteiger partial charge in [0.1, 0.15) is 13.2 Å². The van der Waals surface area contributed by atoms with Crippen LogP contribution in [0.1, 0.15) is 5.56 Å². The maximum Gasteiger partial charge on any atom is 0.250 e. The Morgan fingerprint density at radius 3 is 2.46 bits per heavy atom. The minimum absolute atomic E-state index is 0.0115. The number of amides is 2. The number of ether oxygens (including phenoxy) is 2. The van der Waals surface area contributed by atoms with Gasteiger partial charge in [0.2, 0.25) is 11.8 Å². The summed E-state index contributed by atoms with van der Waals surface area (Å²) in [6, 6.07) is 7.67. The van der Waals surface area contributed by atoms with Crippen molar-refractivity contribution >= 4 is 40.1 Å². The second-order valence-electron chi connectivity index (χ2n) is 4.94. The molecule has 0 aliphatic carbocycles. The second-order valence-corrected chi connectivity index (χ2v) is 5.70. The number of carbonyl (C=O) groups is 2. The molecule has 2 amide bonds. The molecule has 0 heterocycles. The molecule has 0 atom stereocenters. The van der Waals surface area contributed by atoms with E-state index in [2.05, 4.69) is 38.5 Å². The molecular formula is C16H24IN3O4. The molecule has 0 fully saturated rings. The maximum atomic E-state index is 11.8. The molecule has 0 radical (unpaired) electrons. The number of hydrogen-bond donors (Lipinski definition) is 3. The van der Waals surface area contributed by atoms with E-state index < -0.39 is 0 Å². The van der Waals surface area contributed by atoms with Crippen LogP contribution in [0.25, 0.3) is 0 Å². The molecule has 1 rings (SSSR count). The van der Waals surface area contributed by atoms with Crippen LogP contribution in [0, 0.1) is 0 Å². The maximum absolute atomic E-state index is 11.8. The first-order chi connectivity index (χ1) is 11.7. The largest absolute Gasteiger partial charge is 0.369 e. The topological polar surface area (TPSA) is 88.7 Å². The van der Waals surface area contributed by atoms with Crippen LogP contribution >= 0.6 is 22.6 Å². The Labute approximate surface area is 156 Å². The standard InChI is InChI=1S/C16H24IN3O4/c1-18-5-6-19-15(21)11-23-7-8-24-12-16(22)20-14-4-2-3-13(9-14)10-17/h2-4,9,18H,5-8,10-12H2,1H3,(H,19,21)(H,20,22). The van der Waals surface area contributed by atoms with Crippen molar-refractivity contribution in [1.29, 1.82) is 0 Å². The van der Waals surface area contributed by atoms with Gasteiger partial charge >= 0.3 is 0 Å². The van der Waals surface area contributed by atoms with E-state index in [0.717, 1.165) is 15.7 Å². The molecule has 0 unspecified atom stereocenters.